The quantitative estimate of drug-likeness (QED) is 0.821. The molecule has 1 aliphatic carbocycles. The van der Waals surface area contributed by atoms with E-state index in [0.717, 1.165) is 23.2 Å². The lowest BCUT2D eigenvalue weighted by molar-refractivity contribution is -0.130. The number of nitrogens with one attached hydrogen (secondary N) is 1. The maximum Gasteiger partial charge on any atom is 0.333 e. The Morgan fingerprint density at radius 1 is 1.37 bits per heavy atom. The van der Waals surface area contributed by atoms with E-state index in [0.29, 0.717) is 23.8 Å². The van der Waals surface area contributed by atoms with Crippen molar-refractivity contribution in [2.45, 2.75) is 19.3 Å². The minimum atomic E-state index is -0.878. The van der Waals surface area contributed by atoms with Crippen molar-refractivity contribution in [3.05, 3.63) is 46.6 Å². The predicted molar refractivity (Wildman–Crippen MR) is 69.6 cm³/mol. The molecule has 0 aromatic carbocycles. The Labute approximate surface area is 109 Å². The third-order valence-corrected chi connectivity index (χ3v) is 3.19. The third kappa shape index (κ3) is 2.27. The predicted octanol–water partition coefficient (Wildman–Crippen LogP) is 0.205. The summed E-state index contributed by atoms with van der Waals surface area (Å²) in [6.07, 6.45) is 7.41. The van der Waals surface area contributed by atoms with Gasteiger partial charge in [0, 0.05) is 18.8 Å². The Hall–Kier alpha value is -2.43. The van der Waals surface area contributed by atoms with E-state index in [9.17, 15) is 9.90 Å². The fourth-order valence-electron chi connectivity index (χ4n) is 2.28. The lowest BCUT2D eigenvalue weighted by atomic mass is 10.1. The summed E-state index contributed by atoms with van der Waals surface area (Å²) in [7, 11) is 0. The van der Waals surface area contributed by atoms with Gasteiger partial charge in [-0.25, -0.2) is 9.78 Å². The molecule has 5 nitrogen and oxygen atoms in total. The summed E-state index contributed by atoms with van der Waals surface area (Å²) in [6, 6.07) is 3.85. The number of aromatic nitrogens is 3. The Kier molecular flexibility index (Phi) is 2.87. The number of pyridine rings is 1. The van der Waals surface area contributed by atoms with Crippen LogP contribution in [-0.2, 0) is 11.2 Å². The van der Waals surface area contributed by atoms with Gasteiger partial charge in [0.25, 0.3) is 0 Å². The Morgan fingerprint density at radius 3 is 2.89 bits per heavy atom. The van der Waals surface area contributed by atoms with Crippen molar-refractivity contribution in [2.24, 2.45) is 0 Å². The van der Waals surface area contributed by atoms with Gasteiger partial charge >= 0.3 is 5.97 Å². The molecule has 0 spiro atoms. The lowest BCUT2D eigenvalue weighted by Crippen LogP contribution is -2.32. The number of H-pyrrole nitrogens is 1. The molecule has 0 amide bonds. The Morgan fingerprint density at radius 2 is 2.16 bits per heavy atom. The molecule has 2 heterocycles. The molecule has 2 aromatic rings. The number of hydrogen-bond donors (Lipinski definition) is 2. The van der Waals surface area contributed by atoms with Crippen LogP contribution in [0.5, 0.6) is 0 Å². The van der Waals surface area contributed by atoms with Gasteiger partial charge < -0.3 is 10.1 Å². The lowest BCUT2D eigenvalue weighted by Gasteiger charge is -2.01. The van der Waals surface area contributed by atoms with Gasteiger partial charge in [0.2, 0.25) is 0 Å². The largest absolute Gasteiger partial charge is 0.478 e. The number of aliphatic carboxylic acids is 1. The first-order valence-electron chi connectivity index (χ1n) is 6.14. The second-order valence-corrected chi connectivity index (χ2v) is 4.50. The summed E-state index contributed by atoms with van der Waals surface area (Å²) in [5.41, 5.74) is 1.49. The minimum Gasteiger partial charge on any atom is -0.478 e. The van der Waals surface area contributed by atoms with E-state index in [-0.39, 0.29) is 0 Å². The molecule has 19 heavy (non-hydrogen) atoms. The molecule has 2 aromatic heterocycles. The van der Waals surface area contributed by atoms with Gasteiger partial charge in [-0.1, -0.05) is 6.08 Å². The number of hydrogen-bond acceptors (Lipinski definition) is 3. The molecule has 0 radical (unpaired) electrons. The van der Waals surface area contributed by atoms with Gasteiger partial charge in [-0.05, 0) is 30.5 Å². The van der Waals surface area contributed by atoms with E-state index >= 15 is 0 Å². The topological polar surface area (TPSA) is 78.9 Å². The summed E-state index contributed by atoms with van der Waals surface area (Å²) in [5, 5.41) is 10.6. The van der Waals surface area contributed by atoms with Crippen molar-refractivity contribution in [1.29, 1.82) is 0 Å². The summed E-state index contributed by atoms with van der Waals surface area (Å²) in [6.45, 7) is 0. The van der Waals surface area contributed by atoms with Crippen molar-refractivity contribution < 1.29 is 9.90 Å². The third-order valence-electron chi connectivity index (χ3n) is 3.19. The zero-order valence-corrected chi connectivity index (χ0v) is 10.3. The number of aromatic amines is 1. The fraction of sp³-hybridized carbons (Fsp3) is 0.214. The van der Waals surface area contributed by atoms with Crippen LogP contribution in [-0.4, -0.2) is 26.0 Å². The summed E-state index contributed by atoms with van der Waals surface area (Å²) in [5.74, 6) is -0.0931. The van der Waals surface area contributed by atoms with E-state index < -0.39 is 5.97 Å². The van der Waals surface area contributed by atoms with Crippen molar-refractivity contribution >= 4 is 17.6 Å². The fourth-order valence-corrected chi connectivity index (χ4v) is 2.28. The van der Waals surface area contributed by atoms with Crippen LogP contribution in [0.25, 0.3) is 11.6 Å². The van der Waals surface area contributed by atoms with Gasteiger partial charge in [0.15, 0.2) is 0 Å². The first-order chi connectivity index (χ1) is 9.24. The SMILES string of the molecule is O=C(O)C1=c2nc(Cc3ccncc3)[nH]c2=CCC1. The van der Waals surface area contributed by atoms with Gasteiger partial charge in [0.05, 0.1) is 16.3 Å². The Balaban J connectivity index is 2.04. The van der Waals surface area contributed by atoms with E-state index in [4.69, 9.17) is 0 Å². The summed E-state index contributed by atoms with van der Waals surface area (Å²) < 4.78 is 0. The van der Waals surface area contributed by atoms with Crippen LogP contribution in [0.4, 0.5) is 0 Å². The number of carboxylic acid groups (broad SMARTS) is 1. The highest BCUT2D eigenvalue weighted by Gasteiger charge is 2.14. The summed E-state index contributed by atoms with van der Waals surface area (Å²) in [4.78, 5) is 22.8. The molecular weight excluding hydrogens is 242 g/mol. The van der Waals surface area contributed by atoms with Crippen molar-refractivity contribution in [1.82, 2.24) is 15.0 Å². The smallest absolute Gasteiger partial charge is 0.333 e. The van der Waals surface area contributed by atoms with Crippen molar-refractivity contribution in [3.63, 3.8) is 0 Å². The molecule has 0 unspecified atom stereocenters. The molecule has 3 rings (SSSR count). The molecule has 0 atom stereocenters. The minimum absolute atomic E-state index is 0.398. The molecular formula is C14H13N3O2. The van der Waals surface area contributed by atoms with Crippen LogP contribution in [0.3, 0.4) is 0 Å². The van der Waals surface area contributed by atoms with E-state index in [2.05, 4.69) is 15.0 Å². The number of carboxylic acids is 1. The highest BCUT2D eigenvalue weighted by molar-refractivity contribution is 6.08. The highest BCUT2D eigenvalue weighted by Crippen LogP contribution is 2.08. The van der Waals surface area contributed by atoms with Gasteiger partial charge in [0.1, 0.15) is 5.82 Å². The molecule has 0 fully saturated rings. The molecule has 0 saturated heterocycles. The van der Waals surface area contributed by atoms with E-state index in [1.165, 1.54) is 0 Å². The zero-order chi connectivity index (χ0) is 13.2. The van der Waals surface area contributed by atoms with Crippen LogP contribution in [0.1, 0.15) is 24.2 Å². The standard InChI is InChI=1S/C14H13N3O2/c18-14(19)10-2-1-3-11-13(10)17-12(16-11)8-9-4-6-15-7-5-9/h3-7H,1-2,8H2,(H,16,17)(H,18,19). The van der Waals surface area contributed by atoms with Crippen molar-refractivity contribution in [3.8, 4) is 0 Å². The molecule has 0 aliphatic heterocycles. The second kappa shape index (κ2) is 4.68. The van der Waals surface area contributed by atoms with Crippen LogP contribution < -0.4 is 10.7 Å². The maximum absolute atomic E-state index is 11.2. The molecule has 5 heteroatoms. The molecule has 0 bridgehead atoms. The average Bonchev–Trinajstić information content (AvgIpc) is 2.81. The number of imidazole rings is 1. The summed E-state index contributed by atoms with van der Waals surface area (Å²) >= 11 is 0. The monoisotopic (exact) mass is 255 g/mol. The normalized spacial score (nSPS) is 13.8. The number of nitrogens with zero attached hydrogens (tertiary/aromatic N) is 2. The Bertz CT molecular complexity index is 732. The maximum atomic E-state index is 11.2. The van der Waals surface area contributed by atoms with Gasteiger partial charge in [-0.15, -0.1) is 0 Å². The van der Waals surface area contributed by atoms with Crippen molar-refractivity contribution in [2.75, 3.05) is 0 Å². The zero-order valence-electron chi connectivity index (χ0n) is 10.3. The van der Waals surface area contributed by atoms with Gasteiger partial charge in [-0.2, -0.15) is 0 Å². The van der Waals surface area contributed by atoms with Gasteiger partial charge in [-0.3, -0.25) is 4.98 Å². The highest BCUT2D eigenvalue weighted by atomic mass is 16.4. The first-order valence-corrected chi connectivity index (χ1v) is 6.14. The molecule has 0 saturated carbocycles. The first kappa shape index (κ1) is 11.6. The van der Waals surface area contributed by atoms with Crippen LogP contribution in [0.2, 0.25) is 0 Å². The van der Waals surface area contributed by atoms with Crippen LogP contribution in [0.15, 0.2) is 24.5 Å². The molecule has 1 aliphatic rings. The second-order valence-electron chi connectivity index (χ2n) is 4.50. The molecule has 96 valence electrons. The number of carbonyl (C=O) groups is 1. The van der Waals surface area contributed by atoms with E-state index in [1.807, 2.05) is 18.2 Å². The average molecular weight is 255 g/mol. The van der Waals surface area contributed by atoms with Crippen LogP contribution in [0, 0.1) is 0 Å². The van der Waals surface area contributed by atoms with Crippen LogP contribution >= 0.6 is 0 Å². The molecule has 2 N–H and O–H groups in total. The number of fused-ring (bicyclic) bond motifs is 1. The number of rotatable bonds is 3. The van der Waals surface area contributed by atoms with E-state index in [1.54, 1.807) is 12.4 Å².